The molecule has 0 amide bonds. The molecule has 1 radical (unpaired) electrons. The maximum Gasteiger partial charge on any atom is 0.307 e. The smallest absolute Gasteiger partial charge is 0.167 e. The van der Waals surface area contributed by atoms with Gasteiger partial charge in [0.25, 0.3) is 0 Å². The molecule has 0 unspecified atom stereocenters. The lowest BCUT2D eigenvalue weighted by atomic mass is 10.1. The summed E-state index contributed by atoms with van der Waals surface area (Å²) in [4.78, 5) is 0. The van der Waals surface area contributed by atoms with Gasteiger partial charge in [-0.25, -0.2) is 0 Å². The van der Waals surface area contributed by atoms with Crippen molar-refractivity contribution in [3.05, 3.63) is 55.1 Å². The van der Waals surface area contributed by atoms with Crippen LogP contribution in [0, 0.1) is 0 Å². The van der Waals surface area contributed by atoms with Crippen LogP contribution in [0.4, 0.5) is 0 Å². The zero-order valence-corrected chi connectivity index (χ0v) is 15.7. The molecule has 0 saturated carbocycles. The third-order valence-corrected chi connectivity index (χ3v) is 6.05. The minimum atomic E-state index is -1.37. The van der Waals surface area contributed by atoms with Crippen LogP contribution < -0.4 is 5.19 Å². The van der Waals surface area contributed by atoms with Crippen molar-refractivity contribution in [1.82, 2.24) is 0 Å². The summed E-state index contributed by atoms with van der Waals surface area (Å²) in [6.45, 7) is 11.5. The number of hydrogen-bond donors (Lipinski definition) is 0. The van der Waals surface area contributed by atoms with E-state index >= 15 is 0 Å². The summed E-state index contributed by atoms with van der Waals surface area (Å²) in [6.07, 6.45) is 4.58. The van der Waals surface area contributed by atoms with Gasteiger partial charge in [0.2, 0.25) is 0 Å². The zero-order chi connectivity index (χ0) is 14.9. The van der Waals surface area contributed by atoms with Gasteiger partial charge in [-0.3, -0.25) is 0 Å². The third kappa shape index (κ3) is 9.52. The van der Waals surface area contributed by atoms with Gasteiger partial charge in [0.1, 0.15) is 0 Å². The van der Waals surface area contributed by atoms with Crippen molar-refractivity contribution in [1.29, 1.82) is 0 Å². The molecule has 0 aromatic heterocycles. The summed E-state index contributed by atoms with van der Waals surface area (Å²) in [5.41, 5.74) is 1.19. The normalized spacial score (nSPS) is 10.6. The predicted octanol–water partition coefficient (Wildman–Crippen LogP) is 5.20. The van der Waals surface area contributed by atoms with Crippen molar-refractivity contribution in [2.24, 2.45) is 0 Å². The molecule has 0 aliphatic heterocycles. The highest BCUT2D eigenvalue weighted by Gasteiger charge is 2.12. The highest BCUT2D eigenvalue weighted by atomic mass is 35.7. The van der Waals surface area contributed by atoms with Crippen LogP contribution in [0.1, 0.15) is 5.56 Å². The van der Waals surface area contributed by atoms with Gasteiger partial charge in [-0.05, 0) is 23.2 Å². The van der Waals surface area contributed by atoms with Crippen molar-refractivity contribution in [2.75, 3.05) is 0 Å². The SMILES string of the molecule is C=CC[Si](C)(C)Cl.C=CCc1ccccc1[Si](Cl)Cl. The summed E-state index contributed by atoms with van der Waals surface area (Å²) < 4.78 is 0. The van der Waals surface area contributed by atoms with E-state index in [0.717, 1.165) is 17.7 Å². The summed E-state index contributed by atoms with van der Waals surface area (Å²) >= 11 is 17.7. The molecule has 5 heteroatoms. The molecule has 19 heavy (non-hydrogen) atoms. The number of allylic oxidation sites excluding steroid dienone is 2. The van der Waals surface area contributed by atoms with Crippen LogP contribution >= 0.6 is 33.2 Å². The average Bonchev–Trinajstić information content (AvgIpc) is 2.29. The molecule has 0 aliphatic rings. The van der Waals surface area contributed by atoms with E-state index in [1.165, 1.54) is 5.56 Å². The Morgan fingerprint density at radius 1 is 1.16 bits per heavy atom. The van der Waals surface area contributed by atoms with Gasteiger partial charge < -0.3 is 0 Å². The molecule has 0 nitrogen and oxygen atoms in total. The Kier molecular flexibility index (Phi) is 9.84. The van der Waals surface area contributed by atoms with Gasteiger partial charge in [-0.1, -0.05) is 49.5 Å². The second kappa shape index (κ2) is 9.84. The lowest BCUT2D eigenvalue weighted by Gasteiger charge is -2.06. The number of rotatable bonds is 5. The van der Waals surface area contributed by atoms with Gasteiger partial charge in [0, 0.05) is 0 Å². The fraction of sp³-hybridized carbons (Fsp3) is 0.286. The van der Waals surface area contributed by atoms with Gasteiger partial charge in [0.15, 0.2) is 7.38 Å². The summed E-state index contributed by atoms with van der Waals surface area (Å²) in [5, 5.41) is 1.07. The second-order valence-corrected chi connectivity index (χ2v) is 15.4. The molecule has 0 saturated heterocycles. The van der Waals surface area contributed by atoms with E-state index < -0.39 is 14.8 Å². The molecule has 1 aromatic rings. The van der Waals surface area contributed by atoms with Crippen molar-refractivity contribution >= 4 is 53.2 Å². The quantitative estimate of drug-likeness (QED) is 0.389. The van der Waals surface area contributed by atoms with Crippen LogP contribution in [-0.4, -0.2) is 14.8 Å². The van der Waals surface area contributed by atoms with E-state index in [0.29, 0.717) is 0 Å². The number of halogens is 3. The first kappa shape index (κ1) is 19.0. The Labute approximate surface area is 133 Å². The molecule has 0 fully saturated rings. The first-order chi connectivity index (χ1) is 8.81. The highest BCUT2D eigenvalue weighted by molar-refractivity contribution is 7.39. The van der Waals surface area contributed by atoms with Crippen LogP contribution in [-0.2, 0) is 6.42 Å². The van der Waals surface area contributed by atoms with Crippen molar-refractivity contribution in [2.45, 2.75) is 25.6 Å². The number of hydrogen-bond acceptors (Lipinski definition) is 0. The first-order valence-corrected chi connectivity index (χ1v) is 13.7. The second-order valence-electron chi connectivity index (χ2n) is 4.62. The topological polar surface area (TPSA) is 0 Å². The first-order valence-electron chi connectivity index (χ1n) is 5.98. The van der Waals surface area contributed by atoms with Crippen molar-refractivity contribution < 1.29 is 0 Å². The van der Waals surface area contributed by atoms with E-state index in [1.54, 1.807) is 0 Å². The largest absolute Gasteiger partial charge is 0.307 e. The molecule has 105 valence electrons. The standard InChI is InChI=1S/C9H9Cl2Si.C5H11ClSi/c1-2-5-8-6-3-4-7-9(8)12(10)11;1-4-5-7(2,3)6/h2-4,6-7H,1,5H2;4H,1,5H2,2-3H3. The Balaban J connectivity index is 0.000000399. The summed E-state index contributed by atoms with van der Waals surface area (Å²) in [6, 6.07) is 8.96. The van der Waals surface area contributed by atoms with Crippen molar-refractivity contribution in [3.8, 4) is 0 Å². The Bertz CT molecular complexity index is 398. The van der Waals surface area contributed by atoms with Crippen LogP contribution in [0.25, 0.3) is 0 Å². The fourth-order valence-electron chi connectivity index (χ4n) is 1.38. The van der Waals surface area contributed by atoms with Gasteiger partial charge in [-0.15, -0.1) is 35.3 Å². The average molecular weight is 351 g/mol. The van der Waals surface area contributed by atoms with E-state index in [2.05, 4.69) is 26.3 Å². The number of benzene rings is 1. The maximum atomic E-state index is 5.90. The zero-order valence-electron chi connectivity index (χ0n) is 11.4. The minimum absolute atomic E-state index is 0.837. The molecule has 0 bridgehead atoms. The molecule has 1 aromatic carbocycles. The Morgan fingerprint density at radius 2 is 1.74 bits per heavy atom. The Morgan fingerprint density at radius 3 is 2.11 bits per heavy atom. The van der Waals surface area contributed by atoms with E-state index in [4.69, 9.17) is 33.2 Å². The molecular formula is C14H20Cl3Si2. The monoisotopic (exact) mass is 349 g/mol. The lowest BCUT2D eigenvalue weighted by Crippen LogP contribution is -2.22. The fourth-order valence-corrected chi connectivity index (χ4v) is 4.15. The Hall–Kier alpha value is 0.00377. The molecule has 0 aliphatic carbocycles. The van der Waals surface area contributed by atoms with Crippen LogP contribution in [0.3, 0.4) is 0 Å². The van der Waals surface area contributed by atoms with Gasteiger partial charge in [-0.2, -0.15) is 11.1 Å². The van der Waals surface area contributed by atoms with E-state index in [1.807, 2.05) is 36.4 Å². The molecule has 0 N–H and O–H groups in total. The summed E-state index contributed by atoms with van der Waals surface area (Å²) in [5.74, 6) is 0. The summed E-state index contributed by atoms with van der Waals surface area (Å²) in [7, 11) is -2.67. The van der Waals surface area contributed by atoms with Gasteiger partial charge in [0.05, 0.1) is 0 Å². The molecular weight excluding hydrogens is 331 g/mol. The van der Waals surface area contributed by atoms with Crippen LogP contribution in [0.2, 0.25) is 19.1 Å². The highest BCUT2D eigenvalue weighted by Crippen LogP contribution is 2.13. The van der Waals surface area contributed by atoms with E-state index in [-0.39, 0.29) is 0 Å². The van der Waals surface area contributed by atoms with Crippen molar-refractivity contribution in [3.63, 3.8) is 0 Å². The molecule has 0 atom stereocenters. The minimum Gasteiger partial charge on any atom is -0.167 e. The lowest BCUT2D eigenvalue weighted by molar-refractivity contribution is 1.30. The van der Waals surface area contributed by atoms with Crippen LogP contribution in [0.15, 0.2) is 49.6 Å². The molecule has 0 spiro atoms. The van der Waals surface area contributed by atoms with E-state index in [9.17, 15) is 0 Å². The molecule has 0 heterocycles. The van der Waals surface area contributed by atoms with Crippen LogP contribution in [0.5, 0.6) is 0 Å². The maximum absolute atomic E-state index is 5.90. The van der Waals surface area contributed by atoms with Gasteiger partial charge >= 0.3 is 7.42 Å². The predicted molar refractivity (Wildman–Crippen MR) is 95.8 cm³/mol. The molecule has 1 rings (SSSR count). The third-order valence-electron chi connectivity index (χ3n) is 2.21.